The molecule has 0 spiro atoms. The topological polar surface area (TPSA) is 79.9 Å². The largest absolute Gasteiger partial charge is 0.492 e. The average molecular weight is 496 g/mol. The summed E-state index contributed by atoms with van der Waals surface area (Å²) < 4.78 is 11.5. The molecule has 35 heavy (non-hydrogen) atoms. The molecule has 0 fully saturated rings. The predicted octanol–water partition coefficient (Wildman–Crippen LogP) is 5.46. The normalized spacial score (nSPS) is 10.7. The maximum atomic E-state index is 12.8. The van der Waals surface area contributed by atoms with Crippen molar-refractivity contribution in [3.8, 4) is 11.5 Å². The Labute approximate surface area is 211 Å². The van der Waals surface area contributed by atoms with Crippen LogP contribution in [-0.4, -0.2) is 43.5 Å². The number of carbonyl (C=O) groups excluding carboxylic acids is 2. The lowest BCUT2D eigenvalue weighted by Crippen LogP contribution is -2.30. The fourth-order valence-corrected chi connectivity index (χ4v) is 3.74. The van der Waals surface area contributed by atoms with Gasteiger partial charge in [0.25, 0.3) is 5.91 Å². The third kappa shape index (κ3) is 7.73. The number of nitrogens with one attached hydrogen (secondary N) is 2. The summed E-state index contributed by atoms with van der Waals surface area (Å²) in [7, 11) is 1.86. The Morgan fingerprint density at radius 2 is 1.49 bits per heavy atom. The SMILES string of the molecule is CCOc1cc(NC(=O)c2ccccc2)c(OCC)cc1NC(=O)CN(C)Cc1cccc(Cl)c1. The molecular formula is C27H30ClN3O4. The van der Waals surface area contributed by atoms with Crippen molar-refractivity contribution in [1.29, 1.82) is 0 Å². The summed E-state index contributed by atoms with van der Waals surface area (Å²) in [4.78, 5) is 27.4. The first-order valence-corrected chi connectivity index (χ1v) is 11.8. The van der Waals surface area contributed by atoms with Gasteiger partial charge < -0.3 is 20.1 Å². The van der Waals surface area contributed by atoms with E-state index in [2.05, 4.69) is 10.6 Å². The molecule has 184 valence electrons. The van der Waals surface area contributed by atoms with Gasteiger partial charge in [0.15, 0.2) is 0 Å². The molecule has 3 rings (SSSR count). The molecule has 0 atom stereocenters. The number of carbonyl (C=O) groups is 2. The maximum absolute atomic E-state index is 12.8. The predicted molar refractivity (Wildman–Crippen MR) is 140 cm³/mol. The number of likely N-dealkylation sites (N-methyl/N-ethyl adjacent to an activating group) is 1. The Hall–Kier alpha value is -3.55. The minimum absolute atomic E-state index is 0.161. The van der Waals surface area contributed by atoms with Crippen molar-refractivity contribution in [1.82, 2.24) is 4.90 Å². The molecule has 0 bridgehead atoms. The Kier molecular flexibility index (Phi) is 9.52. The molecule has 0 radical (unpaired) electrons. The van der Waals surface area contributed by atoms with E-state index in [0.29, 0.717) is 53.2 Å². The summed E-state index contributed by atoms with van der Waals surface area (Å²) in [6.45, 7) is 5.20. The molecule has 2 N–H and O–H groups in total. The first kappa shape index (κ1) is 26.1. The number of hydrogen-bond donors (Lipinski definition) is 2. The first-order valence-electron chi connectivity index (χ1n) is 11.4. The van der Waals surface area contributed by atoms with Gasteiger partial charge in [-0.15, -0.1) is 0 Å². The van der Waals surface area contributed by atoms with Gasteiger partial charge in [-0.3, -0.25) is 14.5 Å². The number of anilines is 2. The molecule has 3 aromatic carbocycles. The molecule has 7 nitrogen and oxygen atoms in total. The lowest BCUT2D eigenvalue weighted by atomic mass is 10.2. The van der Waals surface area contributed by atoms with Crippen molar-refractivity contribution in [2.24, 2.45) is 0 Å². The second-order valence-corrected chi connectivity index (χ2v) is 8.32. The second kappa shape index (κ2) is 12.8. The van der Waals surface area contributed by atoms with Crippen molar-refractivity contribution in [3.63, 3.8) is 0 Å². The fourth-order valence-electron chi connectivity index (χ4n) is 3.53. The van der Waals surface area contributed by atoms with Gasteiger partial charge in [-0.25, -0.2) is 0 Å². The third-order valence-electron chi connectivity index (χ3n) is 4.99. The standard InChI is InChI=1S/C27H30ClN3O4/c1-4-34-24-16-23(30-27(33)20-11-7-6-8-12-20)25(35-5-2)15-22(24)29-26(32)18-31(3)17-19-10-9-13-21(28)14-19/h6-16H,4-5,17-18H2,1-3H3,(H,29,32)(H,30,33). The molecule has 2 amide bonds. The van der Waals surface area contributed by atoms with Gasteiger partial charge in [0.1, 0.15) is 11.5 Å². The van der Waals surface area contributed by atoms with Crippen molar-refractivity contribution in [2.75, 3.05) is 37.4 Å². The van der Waals surface area contributed by atoms with Gasteiger partial charge in [0.05, 0.1) is 31.1 Å². The first-order chi connectivity index (χ1) is 16.9. The van der Waals surface area contributed by atoms with Crippen LogP contribution in [0.25, 0.3) is 0 Å². The number of halogens is 1. The van der Waals surface area contributed by atoms with Gasteiger partial charge in [0.2, 0.25) is 5.91 Å². The quantitative estimate of drug-likeness (QED) is 0.369. The zero-order valence-electron chi connectivity index (χ0n) is 20.1. The molecule has 0 aliphatic heterocycles. The van der Waals surface area contributed by atoms with Crippen LogP contribution in [0.3, 0.4) is 0 Å². The van der Waals surface area contributed by atoms with Gasteiger partial charge in [-0.05, 0) is 50.7 Å². The Morgan fingerprint density at radius 1 is 0.857 bits per heavy atom. The van der Waals surface area contributed by atoms with Crippen LogP contribution in [-0.2, 0) is 11.3 Å². The molecule has 8 heteroatoms. The van der Waals surface area contributed by atoms with Crippen LogP contribution in [0.1, 0.15) is 29.8 Å². The number of hydrogen-bond acceptors (Lipinski definition) is 5. The van der Waals surface area contributed by atoms with Crippen LogP contribution in [0.15, 0.2) is 66.7 Å². The molecule has 0 heterocycles. The van der Waals surface area contributed by atoms with E-state index in [1.807, 2.05) is 56.1 Å². The molecular weight excluding hydrogens is 466 g/mol. The summed E-state index contributed by atoms with van der Waals surface area (Å²) in [5, 5.41) is 6.45. The van der Waals surface area contributed by atoms with E-state index in [1.54, 1.807) is 36.4 Å². The Bertz CT molecular complexity index is 1150. The zero-order chi connectivity index (χ0) is 25.2. The van der Waals surface area contributed by atoms with Crippen LogP contribution >= 0.6 is 11.6 Å². The van der Waals surface area contributed by atoms with Crippen LogP contribution in [0.2, 0.25) is 5.02 Å². The maximum Gasteiger partial charge on any atom is 0.255 e. The highest BCUT2D eigenvalue weighted by Gasteiger charge is 2.17. The molecule has 0 aromatic heterocycles. The van der Waals surface area contributed by atoms with E-state index in [0.717, 1.165) is 5.56 Å². The number of benzene rings is 3. The number of rotatable bonds is 11. The van der Waals surface area contributed by atoms with E-state index in [9.17, 15) is 9.59 Å². The lowest BCUT2D eigenvalue weighted by molar-refractivity contribution is -0.117. The minimum Gasteiger partial charge on any atom is -0.492 e. The van der Waals surface area contributed by atoms with E-state index in [4.69, 9.17) is 21.1 Å². The lowest BCUT2D eigenvalue weighted by Gasteiger charge is -2.20. The summed E-state index contributed by atoms with van der Waals surface area (Å²) >= 11 is 6.06. The molecule has 3 aromatic rings. The van der Waals surface area contributed by atoms with Crippen LogP contribution in [0.5, 0.6) is 11.5 Å². The molecule has 0 aliphatic carbocycles. The summed E-state index contributed by atoms with van der Waals surface area (Å²) in [5.41, 5.74) is 2.46. The highest BCUT2D eigenvalue weighted by Crippen LogP contribution is 2.37. The molecule has 0 aliphatic rings. The number of amides is 2. The number of nitrogens with zero attached hydrogens (tertiary/aromatic N) is 1. The fraction of sp³-hybridized carbons (Fsp3) is 0.259. The van der Waals surface area contributed by atoms with Gasteiger partial charge in [-0.1, -0.05) is 41.9 Å². The average Bonchev–Trinajstić information content (AvgIpc) is 2.82. The number of ether oxygens (including phenoxy) is 2. The van der Waals surface area contributed by atoms with Gasteiger partial charge in [0, 0.05) is 29.3 Å². The van der Waals surface area contributed by atoms with Crippen molar-refractivity contribution >= 4 is 34.8 Å². The van der Waals surface area contributed by atoms with Crippen LogP contribution < -0.4 is 20.1 Å². The minimum atomic E-state index is -0.270. The molecule has 0 saturated heterocycles. The van der Waals surface area contributed by atoms with E-state index < -0.39 is 0 Å². The molecule has 0 unspecified atom stereocenters. The Balaban J connectivity index is 1.76. The van der Waals surface area contributed by atoms with E-state index in [1.165, 1.54) is 0 Å². The van der Waals surface area contributed by atoms with Gasteiger partial charge >= 0.3 is 0 Å². The highest BCUT2D eigenvalue weighted by atomic mass is 35.5. The van der Waals surface area contributed by atoms with Crippen molar-refractivity contribution in [3.05, 3.63) is 82.9 Å². The third-order valence-corrected chi connectivity index (χ3v) is 5.23. The van der Waals surface area contributed by atoms with E-state index in [-0.39, 0.29) is 18.4 Å². The zero-order valence-corrected chi connectivity index (χ0v) is 20.9. The summed E-state index contributed by atoms with van der Waals surface area (Å²) in [6.07, 6.45) is 0. The highest BCUT2D eigenvalue weighted by molar-refractivity contribution is 6.30. The summed E-state index contributed by atoms with van der Waals surface area (Å²) in [5.74, 6) is 0.389. The second-order valence-electron chi connectivity index (χ2n) is 7.88. The monoisotopic (exact) mass is 495 g/mol. The molecule has 0 saturated carbocycles. The van der Waals surface area contributed by atoms with E-state index >= 15 is 0 Å². The van der Waals surface area contributed by atoms with Crippen LogP contribution in [0.4, 0.5) is 11.4 Å². The van der Waals surface area contributed by atoms with Crippen molar-refractivity contribution < 1.29 is 19.1 Å². The van der Waals surface area contributed by atoms with Crippen molar-refractivity contribution in [2.45, 2.75) is 20.4 Å². The Morgan fingerprint density at radius 3 is 2.09 bits per heavy atom. The summed E-state index contributed by atoms with van der Waals surface area (Å²) in [6, 6.07) is 19.8. The van der Waals surface area contributed by atoms with Crippen LogP contribution in [0, 0.1) is 0 Å². The smallest absolute Gasteiger partial charge is 0.255 e. The van der Waals surface area contributed by atoms with Gasteiger partial charge in [-0.2, -0.15) is 0 Å².